The van der Waals surface area contributed by atoms with Crippen LogP contribution in [0.15, 0.2) is 18.2 Å². The summed E-state index contributed by atoms with van der Waals surface area (Å²) >= 11 is 11.9. The maximum Gasteiger partial charge on any atom is 0.0618 e. The van der Waals surface area contributed by atoms with Crippen molar-refractivity contribution in [1.29, 1.82) is 0 Å². The van der Waals surface area contributed by atoms with Gasteiger partial charge in [0.15, 0.2) is 0 Å². The number of hydrogen-bond acceptors (Lipinski definition) is 2. The summed E-state index contributed by atoms with van der Waals surface area (Å²) in [7, 11) is 3.60. The molecule has 0 aliphatic carbocycles. The summed E-state index contributed by atoms with van der Waals surface area (Å²) in [6.45, 7) is 0.662. The molecule has 15 heavy (non-hydrogen) atoms. The van der Waals surface area contributed by atoms with Crippen LogP contribution in [-0.2, 0) is 11.2 Å². The molecule has 0 spiro atoms. The van der Waals surface area contributed by atoms with Crippen LogP contribution < -0.4 is 5.32 Å². The SMILES string of the molecule is CNC(COC)Cc1ccc(Cl)cc1Cl. The van der Waals surface area contributed by atoms with Gasteiger partial charge in [0.2, 0.25) is 0 Å². The second-order valence-corrected chi connectivity index (χ2v) is 4.22. The van der Waals surface area contributed by atoms with Crippen LogP contribution in [0.4, 0.5) is 0 Å². The van der Waals surface area contributed by atoms with Crippen LogP contribution in [0.25, 0.3) is 0 Å². The number of nitrogens with one attached hydrogen (secondary N) is 1. The van der Waals surface area contributed by atoms with Crippen molar-refractivity contribution in [2.45, 2.75) is 12.5 Å². The number of likely N-dealkylation sites (N-methyl/N-ethyl adjacent to an activating group) is 1. The second-order valence-electron chi connectivity index (χ2n) is 3.38. The summed E-state index contributed by atoms with van der Waals surface area (Å²) < 4.78 is 5.10. The molecular formula is C11H15Cl2NO. The molecule has 2 nitrogen and oxygen atoms in total. The minimum atomic E-state index is 0.272. The van der Waals surface area contributed by atoms with Crippen molar-refractivity contribution < 1.29 is 4.74 Å². The van der Waals surface area contributed by atoms with E-state index in [2.05, 4.69) is 5.32 Å². The normalized spacial score (nSPS) is 12.8. The Kier molecular flexibility index (Phi) is 5.40. The standard InChI is InChI=1S/C11H15Cl2NO/c1-14-10(7-15-2)5-8-3-4-9(12)6-11(8)13/h3-4,6,10,14H,5,7H2,1-2H3. The number of hydrogen-bond donors (Lipinski definition) is 1. The minimum Gasteiger partial charge on any atom is -0.383 e. The Morgan fingerprint density at radius 2 is 2.13 bits per heavy atom. The number of halogens is 2. The van der Waals surface area contributed by atoms with Gasteiger partial charge in [0.05, 0.1) is 6.61 Å². The van der Waals surface area contributed by atoms with Crippen LogP contribution in [0.1, 0.15) is 5.56 Å². The van der Waals surface area contributed by atoms with E-state index in [9.17, 15) is 0 Å². The molecule has 0 radical (unpaired) electrons. The molecule has 0 amide bonds. The van der Waals surface area contributed by atoms with Crippen LogP contribution in [0.3, 0.4) is 0 Å². The van der Waals surface area contributed by atoms with Gasteiger partial charge in [-0.1, -0.05) is 29.3 Å². The molecule has 1 rings (SSSR count). The van der Waals surface area contributed by atoms with Gasteiger partial charge in [-0.05, 0) is 31.2 Å². The lowest BCUT2D eigenvalue weighted by Crippen LogP contribution is -2.32. The first kappa shape index (κ1) is 12.8. The van der Waals surface area contributed by atoms with Crippen molar-refractivity contribution in [2.75, 3.05) is 20.8 Å². The van der Waals surface area contributed by atoms with Gasteiger partial charge in [0.25, 0.3) is 0 Å². The van der Waals surface area contributed by atoms with Crippen molar-refractivity contribution >= 4 is 23.2 Å². The zero-order valence-corrected chi connectivity index (χ0v) is 10.4. The Morgan fingerprint density at radius 3 is 2.67 bits per heavy atom. The molecule has 0 aliphatic heterocycles. The fourth-order valence-corrected chi connectivity index (χ4v) is 1.88. The summed E-state index contributed by atoms with van der Waals surface area (Å²) in [5.41, 5.74) is 1.08. The Balaban J connectivity index is 2.70. The first-order valence-corrected chi connectivity index (χ1v) is 5.53. The minimum absolute atomic E-state index is 0.272. The van der Waals surface area contributed by atoms with Gasteiger partial charge in [-0.25, -0.2) is 0 Å². The summed E-state index contributed by atoms with van der Waals surface area (Å²) in [4.78, 5) is 0. The Labute approximate surface area is 101 Å². The fourth-order valence-electron chi connectivity index (χ4n) is 1.40. The van der Waals surface area contributed by atoms with E-state index in [1.165, 1.54) is 0 Å². The lowest BCUT2D eigenvalue weighted by atomic mass is 10.1. The van der Waals surface area contributed by atoms with Gasteiger partial charge >= 0.3 is 0 Å². The van der Waals surface area contributed by atoms with Gasteiger partial charge in [0, 0.05) is 23.2 Å². The van der Waals surface area contributed by atoms with Gasteiger partial charge < -0.3 is 10.1 Å². The monoisotopic (exact) mass is 247 g/mol. The third kappa shape index (κ3) is 3.99. The predicted molar refractivity (Wildman–Crippen MR) is 64.9 cm³/mol. The first-order chi connectivity index (χ1) is 7.17. The molecule has 0 aliphatic rings. The zero-order valence-electron chi connectivity index (χ0n) is 8.89. The van der Waals surface area contributed by atoms with E-state index >= 15 is 0 Å². The quantitative estimate of drug-likeness (QED) is 0.865. The average molecular weight is 248 g/mol. The van der Waals surface area contributed by atoms with Gasteiger partial charge in [0.1, 0.15) is 0 Å². The van der Waals surface area contributed by atoms with Gasteiger partial charge in [-0.2, -0.15) is 0 Å². The van der Waals surface area contributed by atoms with E-state index in [4.69, 9.17) is 27.9 Å². The number of benzene rings is 1. The van der Waals surface area contributed by atoms with Crippen molar-refractivity contribution in [3.8, 4) is 0 Å². The highest BCUT2D eigenvalue weighted by molar-refractivity contribution is 6.35. The molecule has 4 heteroatoms. The molecule has 0 aromatic heterocycles. The molecule has 1 atom stereocenters. The summed E-state index contributed by atoms with van der Waals surface area (Å²) in [5.74, 6) is 0. The summed E-state index contributed by atoms with van der Waals surface area (Å²) in [6, 6.07) is 5.83. The maximum atomic E-state index is 6.08. The average Bonchev–Trinajstić information content (AvgIpc) is 2.21. The summed E-state index contributed by atoms with van der Waals surface area (Å²) in [6.07, 6.45) is 0.834. The molecule has 1 unspecified atom stereocenters. The highest BCUT2D eigenvalue weighted by Crippen LogP contribution is 2.22. The lowest BCUT2D eigenvalue weighted by molar-refractivity contribution is 0.169. The van der Waals surface area contributed by atoms with E-state index in [0.29, 0.717) is 16.7 Å². The molecule has 1 N–H and O–H groups in total. The topological polar surface area (TPSA) is 21.3 Å². The highest BCUT2D eigenvalue weighted by atomic mass is 35.5. The molecule has 0 bridgehead atoms. The molecule has 0 saturated carbocycles. The second kappa shape index (κ2) is 6.33. The lowest BCUT2D eigenvalue weighted by Gasteiger charge is -2.15. The smallest absolute Gasteiger partial charge is 0.0618 e. The van der Waals surface area contributed by atoms with Crippen molar-refractivity contribution in [1.82, 2.24) is 5.32 Å². The van der Waals surface area contributed by atoms with E-state index in [1.54, 1.807) is 13.2 Å². The third-order valence-corrected chi connectivity index (χ3v) is 2.84. The fraction of sp³-hybridized carbons (Fsp3) is 0.455. The van der Waals surface area contributed by atoms with Crippen LogP contribution in [0, 0.1) is 0 Å². The first-order valence-electron chi connectivity index (χ1n) is 4.77. The molecule has 84 valence electrons. The van der Waals surface area contributed by atoms with E-state index < -0.39 is 0 Å². The highest BCUT2D eigenvalue weighted by Gasteiger charge is 2.09. The van der Waals surface area contributed by atoms with Gasteiger partial charge in [-0.15, -0.1) is 0 Å². The maximum absolute atomic E-state index is 6.08. The molecule has 1 aromatic rings. The van der Waals surface area contributed by atoms with E-state index in [0.717, 1.165) is 12.0 Å². The number of ether oxygens (including phenoxy) is 1. The van der Waals surface area contributed by atoms with Crippen molar-refractivity contribution in [3.05, 3.63) is 33.8 Å². The third-order valence-electron chi connectivity index (χ3n) is 2.26. The Hall–Kier alpha value is -0.280. The molecule has 0 heterocycles. The van der Waals surface area contributed by atoms with Crippen LogP contribution in [0.5, 0.6) is 0 Å². The summed E-state index contributed by atoms with van der Waals surface area (Å²) in [5, 5.41) is 4.55. The van der Waals surface area contributed by atoms with Crippen LogP contribution >= 0.6 is 23.2 Å². The van der Waals surface area contributed by atoms with E-state index in [-0.39, 0.29) is 6.04 Å². The van der Waals surface area contributed by atoms with E-state index in [1.807, 2.05) is 19.2 Å². The zero-order chi connectivity index (χ0) is 11.3. The van der Waals surface area contributed by atoms with Crippen molar-refractivity contribution in [2.24, 2.45) is 0 Å². The molecule has 0 fully saturated rings. The molecule has 0 saturated heterocycles. The van der Waals surface area contributed by atoms with Gasteiger partial charge in [-0.3, -0.25) is 0 Å². The molecule has 1 aromatic carbocycles. The number of rotatable bonds is 5. The Morgan fingerprint density at radius 1 is 1.40 bits per heavy atom. The van der Waals surface area contributed by atoms with Crippen LogP contribution in [-0.4, -0.2) is 26.8 Å². The predicted octanol–water partition coefficient (Wildman–Crippen LogP) is 2.77. The Bertz CT molecular complexity index is 317. The number of methoxy groups -OCH3 is 1. The van der Waals surface area contributed by atoms with Crippen LogP contribution in [0.2, 0.25) is 10.0 Å². The molecular weight excluding hydrogens is 233 g/mol. The largest absolute Gasteiger partial charge is 0.383 e. The van der Waals surface area contributed by atoms with Crippen molar-refractivity contribution in [3.63, 3.8) is 0 Å².